The summed E-state index contributed by atoms with van der Waals surface area (Å²) in [5.74, 6) is 0. The van der Waals surface area contributed by atoms with Gasteiger partial charge in [-0.1, -0.05) is 30.3 Å². The molecule has 76 valence electrons. The molecule has 0 saturated carbocycles. The van der Waals surface area contributed by atoms with Gasteiger partial charge in [0, 0.05) is 6.54 Å². The molecule has 0 radical (unpaired) electrons. The van der Waals surface area contributed by atoms with Crippen LogP contribution in [0.1, 0.15) is 25.5 Å². The maximum Gasteiger partial charge on any atom is 0.0751 e. The van der Waals surface area contributed by atoms with Crippen molar-refractivity contribution in [2.24, 2.45) is 0 Å². The van der Waals surface area contributed by atoms with Crippen LogP contribution in [0.15, 0.2) is 30.3 Å². The van der Waals surface area contributed by atoms with Gasteiger partial charge in [-0.05, 0) is 19.4 Å². The first-order valence-electron chi connectivity index (χ1n) is 5.10. The monoisotopic (exact) mass is 191 g/mol. The van der Waals surface area contributed by atoms with Crippen molar-refractivity contribution in [3.63, 3.8) is 0 Å². The molecule has 2 nitrogen and oxygen atoms in total. The Hall–Kier alpha value is -0.860. The normalized spacial score (nSPS) is 26.0. The Bertz CT molecular complexity index is 284. The molecule has 1 aromatic carbocycles. The molecule has 2 rings (SSSR count). The summed E-state index contributed by atoms with van der Waals surface area (Å²) >= 11 is 0. The molecule has 1 aromatic rings. The van der Waals surface area contributed by atoms with Crippen LogP contribution in [0.25, 0.3) is 0 Å². The van der Waals surface area contributed by atoms with Gasteiger partial charge in [0.05, 0.1) is 18.2 Å². The van der Waals surface area contributed by atoms with Gasteiger partial charge < -0.3 is 10.1 Å². The number of benzene rings is 1. The van der Waals surface area contributed by atoms with Gasteiger partial charge in [-0.25, -0.2) is 0 Å². The van der Waals surface area contributed by atoms with Crippen molar-refractivity contribution >= 4 is 0 Å². The Balaban J connectivity index is 2.03. The Labute approximate surface area is 85.3 Å². The Kier molecular flexibility index (Phi) is 2.57. The fourth-order valence-corrected chi connectivity index (χ4v) is 1.69. The number of rotatable bonds is 1. The quantitative estimate of drug-likeness (QED) is 0.734. The van der Waals surface area contributed by atoms with Crippen LogP contribution >= 0.6 is 0 Å². The highest BCUT2D eigenvalue weighted by Crippen LogP contribution is 2.21. The second kappa shape index (κ2) is 3.71. The van der Waals surface area contributed by atoms with E-state index in [1.54, 1.807) is 0 Å². The van der Waals surface area contributed by atoms with Gasteiger partial charge in [0.15, 0.2) is 0 Å². The Morgan fingerprint density at radius 3 is 2.57 bits per heavy atom. The third-order valence-corrected chi connectivity index (χ3v) is 2.62. The fraction of sp³-hybridized carbons (Fsp3) is 0.500. The van der Waals surface area contributed by atoms with Crippen LogP contribution in [0.3, 0.4) is 0 Å². The second-order valence-corrected chi connectivity index (χ2v) is 4.41. The van der Waals surface area contributed by atoms with Crippen molar-refractivity contribution in [1.82, 2.24) is 5.32 Å². The lowest BCUT2D eigenvalue weighted by atomic mass is 10.0. The average Bonchev–Trinajstić information content (AvgIpc) is 2.19. The molecule has 0 spiro atoms. The minimum absolute atomic E-state index is 0.0225. The van der Waals surface area contributed by atoms with E-state index in [2.05, 4.69) is 43.4 Å². The van der Waals surface area contributed by atoms with E-state index in [0.717, 1.165) is 13.2 Å². The second-order valence-electron chi connectivity index (χ2n) is 4.41. The molecule has 1 fully saturated rings. The average molecular weight is 191 g/mol. The van der Waals surface area contributed by atoms with Crippen molar-refractivity contribution in [3.05, 3.63) is 35.9 Å². The molecular formula is C12H17NO. The number of hydrogen-bond donors (Lipinski definition) is 1. The molecule has 1 saturated heterocycles. The van der Waals surface area contributed by atoms with E-state index in [-0.39, 0.29) is 5.60 Å². The van der Waals surface area contributed by atoms with E-state index in [4.69, 9.17) is 4.74 Å². The Morgan fingerprint density at radius 1 is 1.29 bits per heavy atom. The molecule has 0 aliphatic carbocycles. The fourth-order valence-electron chi connectivity index (χ4n) is 1.69. The van der Waals surface area contributed by atoms with E-state index >= 15 is 0 Å². The molecule has 1 atom stereocenters. The maximum absolute atomic E-state index is 5.77. The van der Waals surface area contributed by atoms with Crippen LogP contribution < -0.4 is 5.32 Å². The molecule has 1 heterocycles. The topological polar surface area (TPSA) is 21.3 Å². The summed E-state index contributed by atoms with van der Waals surface area (Å²) in [5, 5.41) is 3.50. The SMILES string of the molecule is CC1(C)CN[C@H](c2ccccc2)CO1. The smallest absolute Gasteiger partial charge is 0.0751 e. The van der Waals surface area contributed by atoms with Crippen molar-refractivity contribution in [1.29, 1.82) is 0 Å². The summed E-state index contributed by atoms with van der Waals surface area (Å²) in [5.41, 5.74) is 1.29. The van der Waals surface area contributed by atoms with Crippen LogP contribution in [0.5, 0.6) is 0 Å². The van der Waals surface area contributed by atoms with Crippen LogP contribution in [-0.4, -0.2) is 18.8 Å². The third-order valence-electron chi connectivity index (χ3n) is 2.62. The predicted octanol–water partition coefficient (Wildman–Crippen LogP) is 2.13. The van der Waals surface area contributed by atoms with Gasteiger partial charge in [0.2, 0.25) is 0 Å². The highest BCUT2D eigenvalue weighted by molar-refractivity contribution is 5.19. The lowest BCUT2D eigenvalue weighted by molar-refractivity contribution is -0.0586. The van der Waals surface area contributed by atoms with Crippen LogP contribution in [0.4, 0.5) is 0 Å². The molecule has 0 aromatic heterocycles. The summed E-state index contributed by atoms with van der Waals surface area (Å²) < 4.78 is 5.77. The predicted molar refractivity (Wildman–Crippen MR) is 57.2 cm³/mol. The molecular weight excluding hydrogens is 174 g/mol. The first-order chi connectivity index (χ1) is 6.67. The van der Waals surface area contributed by atoms with Crippen LogP contribution in [0, 0.1) is 0 Å². The molecule has 2 heteroatoms. The summed E-state index contributed by atoms with van der Waals surface area (Å²) in [7, 11) is 0. The number of morpholine rings is 1. The minimum atomic E-state index is -0.0225. The van der Waals surface area contributed by atoms with Crippen molar-refractivity contribution in [3.8, 4) is 0 Å². The number of hydrogen-bond acceptors (Lipinski definition) is 2. The molecule has 1 aliphatic heterocycles. The van der Waals surface area contributed by atoms with Crippen molar-refractivity contribution in [2.45, 2.75) is 25.5 Å². The summed E-state index contributed by atoms with van der Waals surface area (Å²) in [6.45, 7) is 5.89. The molecule has 0 amide bonds. The first-order valence-corrected chi connectivity index (χ1v) is 5.10. The maximum atomic E-state index is 5.77. The van der Waals surface area contributed by atoms with Gasteiger partial charge in [-0.2, -0.15) is 0 Å². The summed E-state index contributed by atoms with van der Waals surface area (Å²) in [6, 6.07) is 10.8. The Morgan fingerprint density at radius 2 is 2.00 bits per heavy atom. The van der Waals surface area contributed by atoms with E-state index in [9.17, 15) is 0 Å². The lowest BCUT2D eigenvalue weighted by Gasteiger charge is -2.36. The number of nitrogens with one attached hydrogen (secondary N) is 1. The highest BCUT2D eigenvalue weighted by Gasteiger charge is 2.27. The van der Waals surface area contributed by atoms with Crippen LogP contribution in [0.2, 0.25) is 0 Å². The zero-order valence-electron chi connectivity index (χ0n) is 8.79. The van der Waals surface area contributed by atoms with E-state index in [1.807, 2.05) is 6.07 Å². The lowest BCUT2D eigenvalue weighted by Crippen LogP contribution is -2.47. The van der Waals surface area contributed by atoms with E-state index in [1.165, 1.54) is 5.56 Å². The van der Waals surface area contributed by atoms with Crippen LogP contribution in [-0.2, 0) is 4.74 Å². The molecule has 1 N–H and O–H groups in total. The van der Waals surface area contributed by atoms with E-state index < -0.39 is 0 Å². The largest absolute Gasteiger partial charge is 0.372 e. The van der Waals surface area contributed by atoms with Gasteiger partial charge in [0.25, 0.3) is 0 Å². The summed E-state index contributed by atoms with van der Waals surface area (Å²) in [4.78, 5) is 0. The van der Waals surface area contributed by atoms with Crippen molar-refractivity contribution in [2.75, 3.05) is 13.2 Å². The third kappa shape index (κ3) is 2.14. The zero-order valence-corrected chi connectivity index (χ0v) is 8.79. The molecule has 0 bridgehead atoms. The van der Waals surface area contributed by atoms with Gasteiger partial charge in [0.1, 0.15) is 0 Å². The molecule has 14 heavy (non-hydrogen) atoms. The number of ether oxygens (including phenoxy) is 1. The van der Waals surface area contributed by atoms with Gasteiger partial charge >= 0.3 is 0 Å². The zero-order chi connectivity index (χ0) is 10.0. The molecule has 0 unspecified atom stereocenters. The standard InChI is InChI=1S/C12H17NO/c1-12(2)9-13-11(8-14-12)10-6-4-3-5-7-10/h3-7,11,13H,8-9H2,1-2H3/t11-/m0/s1. The molecule has 1 aliphatic rings. The minimum Gasteiger partial charge on any atom is -0.372 e. The van der Waals surface area contributed by atoms with Gasteiger partial charge in [-0.15, -0.1) is 0 Å². The van der Waals surface area contributed by atoms with Gasteiger partial charge in [-0.3, -0.25) is 0 Å². The highest BCUT2D eigenvalue weighted by atomic mass is 16.5. The van der Waals surface area contributed by atoms with Crippen molar-refractivity contribution < 1.29 is 4.74 Å². The summed E-state index contributed by atoms with van der Waals surface area (Å²) in [6.07, 6.45) is 0. The first kappa shape index (κ1) is 9.69. The van der Waals surface area contributed by atoms with E-state index in [0.29, 0.717) is 6.04 Å².